The SMILES string of the molecule is COc1ccc2c(c1)[C@]1(O[C@@H](CC(=O)N(CCO)Cc3ccccc3)[C@H]([Si](C)(C)O)[C@H]1C)C(=O)N2Cc1cccc(-n2ncc3ccccc3c2=O)c1. The lowest BCUT2D eigenvalue weighted by molar-refractivity contribution is -0.150. The van der Waals surface area contributed by atoms with Crippen molar-refractivity contribution in [3.05, 3.63) is 130 Å². The van der Waals surface area contributed by atoms with Crippen LogP contribution in [0.15, 0.2) is 108 Å². The average Bonchev–Trinajstić information content (AvgIpc) is 3.57. The molecule has 274 valence electrons. The molecule has 1 spiro atoms. The fourth-order valence-corrected chi connectivity index (χ4v) is 10.9. The summed E-state index contributed by atoms with van der Waals surface area (Å²) < 4.78 is 13.9. The van der Waals surface area contributed by atoms with Gasteiger partial charge in [0, 0.05) is 35.5 Å². The standard InChI is InChI=1S/C41H44N4O7Si/c1-27-38(53(3,4)50)36(23-37(47)43(19-20-46)25-28-11-6-5-7-12-28)52-41(27)34-22-32(51-2)17-18-35(34)44(40(41)49)26-29-13-10-15-31(21-29)45-39(48)33-16-9-8-14-30(33)24-42-45/h5-18,21-22,24,27,36,38,46,50H,19-20,23,25-26H2,1-4H3/t27-,36+,38-,41+/m1/s1. The number of anilines is 1. The summed E-state index contributed by atoms with van der Waals surface area (Å²) in [5.74, 6) is -0.481. The zero-order valence-corrected chi connectivity index (χ0v) is 31.3. The van der Waals surface area contributed by atoms with E-state index in [4.69, 9.17) is 9.47 Å². The summed E-state index contributed by atoms with van der Waals surface area (Å²) >= 11 is 0. The molecule has 1 fully saturated rings. The number of carbonyl (C=O) groups is 2. The number of amides is 2. The monoisotopic (exact) mass is 732 g/mol. The van der Waals surface area contributed by atoms with Gasteiger partial charge in [-0.25, -0.2) is 0 Å². The van der Waals surface area contributed by atoms with Crippen LogP contribution in [0.3, 0.4) is 0 Å². The molecule has 0 bridgehead atoms. The highest BCUT2D eigenvalue weighted by atomic mass is 28.4. The minimum Gasteiger partial charge on any atom is -0.497 e. The van der Waals surface area contributed by atoms with Crippen LogP contribution in [0.4, 0.5) is 5.69 Å². The number of rotatable bonds is 11. The van der Waals surface area contributed by atoms with E-state index >= 15 is 4.79 Å². The van der Waals surface area contributed by atoms with E-state index in [2.05, 4.69) is 5.10 Å². The Hall–Kier alpha value is -5.14. The summed E-state index contributed by atoms with van der Waals surface area (Å²) in [6.45, 7) is 5.98. The van der Waals surface area contributed by atoms with E-state index in [9.17, 15) is 19.5 Å². The Labute approximate surface area is 309 Å². The number of hydrogen-bond donors (Lipinski definition) is 2. The Kier molecular flexibility index (Phi) is 9.81. The maximum Gasteiger partial charge on any atom is 0.279 e. The molecule has 2 aliphatic rings. The second-order valence-corrected chi connectivity index (χ2v) is 18.5. The Morgan fingerprint density at radius 3 is 2.45 bits per heavy atom. The molecule has 53 heavy (non-hydrogen) atoms. The van der Waals surface area contributed by atoms with Gasteiger partial charge in [0.2, 0.25) is 5.91 Å². The van der Waals surface area contributed by atoms with E-state index in [1.807, 2.05) is 98.9 Å². The lowest BCUT2D eigenvalue weighted by atomic mass is 9.82. The number of nitrogens with zero attached hydrogens (tertiary/aromatic N) is 4. The number of fused-ring (bicyclic) bond motifs is 3. The molecule has 1 saturated heterocycles. The molecule has 2 N–H and O–H groups in total. The molecular weight excluding hydrogens is 689 g/mol. The highest BCUT2D eigenvalue weighted by molar-refractivity contribution is 6.71. The van der Waals surface area contributed by atoms with E-state index in [-0.39, 0.29) is 43.5 Å². The molecule has 7 rings (SSSR count). The van der Waals surface area contributed by atoms with Crippen molar-refractivity contribution in [1.82, 2.24) is 14.7 Å². The smallest absolute Gasteiger partial charge is 0.279 e. The van der Waals surface area contributed by atoms with Crippen LogP contribution in [0, 0.1) is 5.92 Å². The maximum absolute atomic E-state index is 15.0. The highest BCUT2D eigenvalue weighted by Crippen LogP contribution is 2.60. The van der Waals surface area contributed by atoms with Crippen molar-refractivity contribution in [2.45, 2.75) is 56.8 Å². The van der Waals surface area contributed by atoms with Crippen LogP contribution >= 0.6 is 0 Å². The third-order valence-electron chi connectivity index (χ3n) is 10.7. The minimum absolute atomic E-state index is 0.0667. The van der Waals surface area contributed by atoms with Crippen LogP contribution in [0.25, 0.3) is 16.5 Å². The summed E-state index contributed by atoms with van der Waals surface area (Å²) in [7, 11) is -1.50. The fraction of sp³-hybridized carbons (Fsp3) is 0.317. The quantitative estimate of drug-likeness (QED) is 0.178. The Morgan fingerprint density at radius 1 is 0.981 bits per heavy atom. The van der Waals surface area contributed by atoms with E-state index in [0.717, 1.165) is 16.5 Å². The first-order chi connectivity index (χ1) is 25.5. The molecule has 3 heterocycles. The predicted molar refractivity (Wildman–Crippen MR) is 204 cm³/mol. The lowest BCUT2D eigenvalue weighted by Crippen LogP contribution is -2.46. The summed E-state index contributed by atoms with van der Waals surface area (Å²) in [5, 5.41) is 15.6. The number of methoxy groups -OCH3 is 1. The largest absolute Gasteiger partial charge is 0.497 e. The summed E-state index contributed by atoms with van der Waals surface area (Å²) in [4.78, 5) is 57.5. The van der Waals surface area contributed by atoms with Gasteiger partial charge in [-0.15, -0.1) is 0 Å². The van der Waals surface area contributed by atoms with Crippen molar-refractivity contribution in [2.75, 3.05) is 25.2 Å². The van der Waals surface area contributed by atoms with Gasteiger partial charge in [-0.05, 0) is 60.6 Å². The van der Waals surface area contributed by atoms with Crippen LogP contribution in [-0.2, 0) is 33.0 Å². The second-order valence-electron chi connectivity index (χ2n) is 14.5. The Morgan fingerprint density at radius 2 is 1.72 bits per heavy atom. The highest BCUT2D eigenvalue weighted by Gasteiger charge is 2.66. The van der Waals surface area contributed by atoms with Gasteiger partial charge < -0.3 is 29.2 Å². The predicted octanol–water partition coefficient (Wildman–Crippen LogP) is 5.15. The molecule has 1 aromatic heterocycles. The van der Waals surface area contributed by atoms with Crippen LogP contribution in [-0.4, -0.2) is 71.1 Å². The van der Waals surface area contributed by atoms with Crippen LogP contribution in [0.1, 0.15) is 30.0 Å². The van der Waals surface area contributed by atoms with Crippen LogP contribution in [0.2, 0.25) is 18.6 Å². The molecule has 4 aromatic carbocycles. The number of hydrogen-bond acceptors (Lipinski definition) is 8. The van der Waals surface area contributed by atoms with Gasteiger partial charge in [0.1, 0.15) is 5.75 Å². The van der Waals surface area contributed by atoms with Gasteiger partial charge in [0.15, 0.2) is 13.9 Å². The van der Waals surface area contributed by atoms with E-state index in [1.165, 1.54) is 4.68 Å². The molecule has 0 unspecified atom stereocenters. The first kappa shape index (κ1) is 36.2. The first-order valence-electron chi connectivity index (χ1n) is 17.9. The van der Waals surface area contributed by atoms with Crippen molar-refractivity contribution < 1.29 is 29.0 Å². The zero-order chi connectivity index (χ0) is 37.5. The van der Waals surface area contributed by atoms with E-state index in [0.29, 0.717) is 34.6 Å². The van der Waals surface area contributed by atoms with Crippen molar-refractivity contribution in [1.29, 1.82) is 0 Å². The van der Waals surface area contributed by atoms with Gasteiger partial charge in [0.05, 0.1) is 55.7 Å². The van der Waals surface area contributed by atoms with Crippen molar-refractivity contribution in [3.63, 3.8) is 0 Å². The third-order valence-corrected chi connectivity index (χ3v) is 13.2. The van der Waals surface area contributed by atoms with Gasteiger partial charge >= 0.3 is 0 Å². The van der Waals surface area contributed by atoms with Crippen molar-refractivity contribution >= 4 is 36.6 Å². The Balaban J connectivity index is 1.24. The van der Waals surface area contributed by atoms with Crippen LogP contribution in [0.5, 0.6) is 5.75 Å². The number of aliphatic hydroxyl groups is 1. The summed E-state index contributed by atoms with van der Waals surface area (Å²) in [6.07, 6.45) is 0.828. The number of benzene rings is 4. The zero-order valence-electron chi connectivity index (χ0n) is 30.3. The Bertz CT molecular complexity index is 2220. The fourth-order valence-electron chi connectivity index (χ4n) is 8.30. The first-order valence-corrected chi connectivity index (χ1v) is 20.9. The molecule has 12 heteroatoms. The average molecular weight is 733 g/mol. The van der Waals surface area contributed by atoms with Gasteiger partial charge in [-0.3, -0.25) is 14.4 Å². The third kappa shape index (κ3) is 6.56. The minimum atomic E-state index is -3.06. The second kappa shape index (κ2) is 14.4. The lowest BCUT2D eigenvalue weighted by Gasteiger charge is -2.32. The van der Waals surface area contributed by atoms with Gasteiger partial charge in [-0.1, -0.05) is 67.6 Å². The number of carbonyl (C=O) groups excluding carboxylic acids is 2. The van der Waals surface area contributed by atoms with Crippen molar-refractivity contribution in [3.8, 4) is 11.4 Å². The molecule has 11 nitrogen and oxygen atoms in total. The van der Waals surface area contributed by atoms with Gasteiger partial charge in [0.25, 0.3) is 11.5 Å². The molecule has 0 aliphatic carbocycles. The molecule has 4 atom stereocenters. The maximum atomic E-state index is 15.0. The molecule has 2 aliphatic heterocycles. The number of aromatic nitrogens is 2. The van der Waals surface area contributed by atoms with E-state index < -0.39 is 31.5 Å². The molecule has 2 amide bonds. The normalized spacial score (nSPS) is 21.0. The molecule has 5 aromatic rings. The molecule has 0 radical (unpaired) electrons. The topological polar surface area (TPSA) is 134 Å². The van der Waals surface area contributed by atoms with Crippen molar-refractivity contribution in [2.24, 2.45) is 5.92 Å². The number of aliphatic hydroxyl groups excluding tert-OH is 1. The van der Waals surface area contributed by atoms with Gasteiger partial charge in [-0.2, -0.15) is 9.78 Å². The number of ether oxygens (including phenoxy) is 2. The molecule has 0 saturated carbocycles. The molecular formula is C41H44N4O7Si. The van der Waals surface area contributed by atoms with Crippen LogP contribution < -0.4 is 15.2 Å². The van der Waals surface area contributed by atoms with E-state index in [1.54, 1.807) is 41.3 Å². The summed E-state index contributed by atoms with van der Waals surface area (Å²) in [6, 6.07) is 29.7. The summed E-state index contributed by atoms with van der Waals surface area (Å²) in [5.41, 5.74) is 1.30.